The van der Waals surface area contributed by atoms with Gasteiger partial charge in [0.2, 0.25) is 0 Å². The second-order valence-electron chi connectivity index (χ2n) is 4.62. The molecule has 0 aliphatic carbocycles. The fourth-order valence-corrected chi connectivity index (χ4v) is 2.16. The topological polar surface area (TPSA) is 55.9 Å². The van der Waals surface area contributed by atoms with E-state index in [2.05, 4.69) is 22.5 Å². The van der Waals surface area contributed by atoms with Gasteiger partial charge in [-0.2, -0.15) is 5.10 Å². The number of nitrogens with two attached hydrogens (primary N) is 1. The number of rotatable bonds is 3. The smallest absolute Gasteiger partial charge is 0.153 e. The molecule has 4 nitrogen and oxygen atoms in total. The molecule has 0 fully saturated rings. The third-order valence-electron chi connectivity index (χ3n) is 3.17. The van der Waals surface area contributed by atoms with E-state index in [0.29, 0.717) is 5.69 Å². The maximum atomic E-state index is 5.93. The van der Waals surface area contributed by atoms with Crippen LogP contribution in [-0.4, -0.2) is 9.78 Å². The van der Waals surface area contributed by atoms with Crippen LogP contribution in [0.1, 0.15) is 0 Å². The van der Waals surface area contributed by atoms with E-state index >= 15 is 0 Å². The summed E-state index contributed by atoms with van der Waals surface area (Å²) in [7, 11) is 1.93. The average Bonchev–Trinajstić information content (AvgIpc) is 2.83. The molecule has 3 rings (SSSR count). The molecule has 0 aliphatic heterocycles. The van der Waals surface area contributed by atoms with E-state index in [9.17, 15) is 0 Å². The van der Waals surface area contributed by atoms with Crippen LogP contribution in [0.25, 0.3) is 11.3 Å². The first-order valence-corrected chi connectivity index (χ1v) is 6.45. The summed E-state index contributed by atoms with van der Waals surface area (Å²) in [5, 5.41) is 7.72. The van der Waals surface area contributed by atoms with Gasteiger partial charge in [0, 0.05) is 13.1 Å². The summed E-state index contributed by atoms with van der Waals surface area (Å²) in [6.45, 7) is 0. The Morgan fingerprint density at radius 1 is 1.00 bits per heavy atom. The van der Waals surface area contributed by atoms with E-state index in [1.807, 2.05) is 60.3 Å². The Morgan fingerprint density at radius 2 is 1.70 bits per heavy atom. The number of nitrogens with zero attached hydrogens (tertiary/aromatic N) is 2. The second-order valence-corrected chi connectivity index (χ2v) is 4.62. The van der Waals surface area contributed by atoms with Crippen molar-refractivity contribution in [1.29, 1.82) is 0 Å². The van der Waals surface area contributed by atoms with Gasteiger partial charge in [-0.15, -0.1) is 0 Å². The summed E-state index contributed by atoms with van der Waals surface area (Å²) in [5.74, 6) is 0.782. The predicted octanol–water partition coefficient (Wildman–Crippen LogP) is 3.41. The van der Waals surface area contributed by atoms with Crippen molar-refractivity contribution in [2.75, 3.05) is 11.1 Å². The fourth-order valence-electron chi connectivity index (χ4n) is 2.16. The second kappa shape index (κ2) is 5.09. The molecule has 0 amide bonds. The van der Waals surface area contributed by atoms with Gasteiger partial charge < -0.3 is 11.1 Å². The van der Waals surface area contributed by atoms with E-state index in [1.165, 1.54) is 0 Å². The zero-order chi connectivity index (χ0) is 13.9. The van der Waals surface area contributed by atoms with Crippen LogP contribution in [0, 0.1) is 0 Å². The van der Waals surface area contributed by atoms with Crippen molar-refractivity contribution in [2.24, 2.45) is 7.05 Å². The highest BCUT2D eigenvalue weighted by Gasteiger charge is 2.08. The summed E-state index contributed by atoms with van der Waals surface area (Å²) in [5.41, 5.74) is 9.69. The van der Waals surface area contributed by atoms with E-state index < -0.39 is 0 Å². The first-order valence-electron chi connectivity index (χ1n) is 6.45. The molecular weight excluding hydrogens is 248 g/mol. The van der Waals surface area contributed by atoms with Gasteiger partial charge in [-0.1, -0.05) is 42.5 Å². The maximum absolute atomic E-state index is 5.93. The fraction of sp³-hybridized carbons (Fsp3) is 0.0625. The van der Waals surface area contributed by atoms with Crippen LogP contribution in [-0.2, 0) is 7.05 Å². The molecule has 0 saturated carbocycles. The number of nitrogens with one attached hydrogen (secondary N) is 1. The minimum atomic E-state index is 0.708. The van der Waals surface area contributed by atoms with Crippen LogP contribution in [0.3, 0.4) is 0 Å². The van der Waals surface area contributed by atoms with Crippen LogP contribution in [0.5, 0.6) is 0 Å². The standard InChI is InChI=1S/C16H16N4/c1-20-15(12-7-3-2-4-8-12)11-16(19-20)18-14-10-6-5-9-13(14)17/h2-11H,17H2,1H3,(H,18,19). The molecule has 1 heterocycles. The van der Waals surface area contributed by atoms with Gasteiger partial charge in [-0.05, 0) is 17.7 Å². The highest BCUT2D eigenvalue weighted by atomic mass is 15.3. The summed E-state index contributed by atoms with van der Waals surface area (Å²) >= 11 is 0. The van der Waals surface area contributed by atoms with E-state index in [4.69, 9.17) is 5.73 Å². The number of para-hydroxylation sites is 2. The zero-order valence-electron chi connectivity index (χ0n) is 11.2. The molecule has 0 saturated heterocycles. The van der Waals surface area contributed by atoms with Crippen molar-refractivity contribution >= 4 is 17.2 Å². The first-order chi connectivity index (χ1) is 9.74. The number of aromatic nitrogens is 2. The monoisotopic (exact) mass is 264 g/mol. The molecule has 1 aromatic heterocycles. The van der Waals surface area contributed by atoms with Gasteiger partial charge in [0.15, 0.2) is 5.82 Å². The Balaban J connectivity index is 1.92. The molecule has 0 aliphatic rings. The first kappa shape index (κ1) is 12.3. The highest BCUT2D eigenvalue weighted by molar-refractivity contribution is 5.73. The van der Waals surface area contributed by atoms with Crippen molar-refractivity contribution in [3.8, 4) is 11.3 Å². The van der Waals surface area contributed by atoms with Crippen LogP contribution < -0.4 is 11.1 Å². The molecule has 3 N–H and O–H groups in total. The van der Waals surface area contributed by atoms with Gasteiger partial charge in [0.05, 0.1) is 17.1 Å². The van der Waals surface area contributed by atoms with Gasteiger partial charge >= 0.3 is 0 Å². The number of nitrogen functional groups attached to an aromatic ring is 1. The lowest BCUT2D eigenvalue weighted by molar-refractivity contribution is 0.779. The van der Waals surface area contributed by atoms with E-state index in [0.717, 1.165) is 22.8 Å². The molecule has 0 spiro atoms. The third kappa shape index (κ3) is 2.36. The van der Waals surface area contributed by atoms with Crippen molar-refractivity contribution in [3.05, 3.63) is 60.7 Å². The van der Waals surface area contributed by atoms with E-state index in [1.54, 1.807) is 0 Å². The predicted molar refractivity (Wildman–Crippen MR) is 82.8 cm³/mol. The molecule has 4 heteroatoms. The Bertz CT molecular complexity index is 716. The molecule has 0 atom stereocenters. The molecule has 0 unspecified atom stereocenters. The van der Waals surface area contributed by atoms with Crippen molar-refractivity contribution < 1.29 is 0 Å². The highest BCUT2D eigenvalue weighted by Crippen LogP contribution is 2.26. The molecule has 0 radical (unpaired) electrons. The number of benzene rings is 2. The molecule has 100 valence electrons. The summed E-state index contributed by atoms with van der Waals surface area (Å²) in [4.78, 5) is 0. The molecule has 20 heavy (non-hydrogen) atoms. The lowest BCUT2D eigenvalue weighted by atomic mass is 10.1. The van der Waals surface area contributed by atoms with Crippen LogP contribution in [0.15, 0.2) is 60.7 Å². The summed E-state index contributed by atoms with van der Waals surface area (Å²) < 4.78 is 1.86. The minimum Gasteiger partial charge on any atom is -0.397 e. The lowest BCUT2D eigenvalue weighted by Crippen LogP contribution is -1.97. The summed E-state index contributed by atoms with van der Waals surface area (Å²) in [6.07, 6.45) is 0. The molecule has 2 aromatic carbocycles. The van der Waals surface area contributed by atoms with Gasteiger partial charge in [-0.3, -0.25) is 4.68 Å². The Labute approximate surface area is 117 Å². The number of aryl methyl sites for hydroxylation is 1. The van der Waals surface area contributed by atoms with E-state index in [-0.39, 0.29) is 0 Å². The minimum absolute atomic E-state index is 0.708. The Morgan fingerprint density at radius 3 is 2.45 bits per heavy atom. The quantitative estimate of drug-likeness (QED) is 0.713. The zero-order valence-corrected chi connectivity index (χ0v) is 11.2. The number of hydrogen-bond donors (Lipinski definition) is 2. The lowest BCUT2D eigenvalue weighted by Gasteiger charge is -2.05. The SMILES string of the molecule is Cn1nc(Nc2ccccc2N)cc1-c1ccccc1. The Kier molecular flexibility index (Phi) is 3.13. The van der Waals surface area contributed by atoms with Crippen LogP contribution >= 0.6 is 0 Å². The van der Waals surface area contributed by atoms with Gasteiger partial charge in [0.1, 0.15) is 0 Å². The molecule has 0 bridgehead atoms. The molecule has 3 aromatic rings. The van der Waals surface area contributed by atoms with Gasteiger partial charge in [0.25, 0.3) is 0 Å². The maximum Gasteiger partial charge on any atom is 0.153 e. The summed E-state index contributed by atoms with van der Waals surface area (Å²) in [6, 6.07) is 19.8. The van der Waals surface area contributed by atoms with Crippen molar-refractivity contribution in [2.45, 2.75) is 0 Å². The van der Waals surface area contributed by atoms with Gasteiger partial charge in [-0.25, -0.2) is 0 Å². The van der Waals surface area contributed by atoms with Crippen LogP contribution in [0.2, 0.25) is 0 Å². The van der Waals surface area contributed by atoms with Crippen molar-refractivity contribution in [3.63, 3.8) is 0 Å². The largest absolute Gasteiger partial charge is 0.397 e. The average molecular weight is 264 g/mol. The number of anilines is 3. The van der Waals surface area contributed by atoms with Crippen LogP contribution in [0.4, 0.5) is 17.2 Å². The third-order valence-corrected chi connectivity index (χ3v) is 3.17. The van der Waals surface area contributed by atoms with Crippen molar-refractivity contribution in [1.82, 2.24) is 9.78 Å². The number of hydrogen-bond acceptors (Lipinski definition) is 3. The normalized spacial score (nSPS) is 10.4. The molecular formula is C16H16N4. The Hall–Kier alpha value is -2.75.